The average Bonchev–Trinajstić information content (AvgIpc) is 3.78. The number of carbonyl (C=O) groups is 1. The van der Waals surface area contributed by atoms with Crippen LogP contribution in [0.3, 0.4) is 0 Å². The molecule has 3 atom stereocenters. The van der Waals surface area contributed by atoms with E-state index in [4.69, 9.17) is 42.6 Å². The van der Waals surface area contributed by atoms with Gasteiger partial charge < -0.3 is 24.1 Å². The van der Waals surface area contributed by atoms with Crippen molar-refractivity contribution >= 4 is 45.0 Å². The number of hydrogen-bond acceptors (Lipinski definition) is 8. The van der Waals surface area contributed by atoms with Crippen molar-refractivity contribution in [2.75, 3.05) is 50.8 Å². The van der Waals surface area contributed by atoms with Crippen molar-refractivity contribution < 1.29 is 27.4 Å². The van der Waals surface area contributed by atoms with Gasteiger partial charge in [0.25, 0.3) is 5.91 Å². The molecule has 1 saturated carbocycles. The molecule has 0 N–H and O–H groups in total. The van der Waals surface area contributed by atoms with Crippen LogP contribution in [0.4, 0.5) is 19.0 Å². The lowest BCUT2D eigenvalue weighted by molar-refractivity contribution is -0.131. The Morgan fingerprint density at radius 2 is 2.00 bits per heavy atom. The van der Waals surface area contributed by atoms with E-state index < -0.39 is 35.3 Å². The molecule has 0 spiro atoms. The van der Waals surface area contributed by atoms with E-state index in [2.05, 4.69) is 16.3 Å². The second-order valence-corrected chi connectivity index (χ2v) is 14.2. The maximum absolute atomic E-state index is 14.8. The zero-order valence-electron chi connectivity index (χ0n) is 27.8. The van der Waals surface area contributed by atoms with Crippen LogP contribution in [0, 0.1) is 12.4 Å². The molecule has 1 amide bonds. The highest BCUT2D eigenvalue weighted by molar-refractivity contribution is 6.37. The van der Waals surface area contributed by atoms with Gasteiger partial charge in [-0.25, -0.2) is 19.7 Å². The largest absolute Gasteiger partial charge is 0.486 e. The molecule has 2 aromatic heterocycles. The molecule has 4 aliphatic rings. The molecule has 2 aromatic carbocycles. The monoisotopic (exact) mass is 717 g/mol. The first-order valence-corrected chi connectivity index (χ1v) is 17.5. The van der Waals surface area contributed by atoms with Gasteiger partial charge in [-0.2, -0.15) is 9.97 Å². The Hall–Kier alpha value is -4.67. The first-order valence-electron chi connectivity index (χ1n) is 17.2. The fraction of sp³-hybridized carbons (Fsp3) is 0.432. The molecule has 3 saturated heterocycles. The normalized spacial score (nSPS) is 23.4. The summed E-state index contributed by atoms with van der Waals surface area (Å²) in [5.41, 5.74) is 0.931. The fourth-order valence-corrected chi connectivity index (χ4v) is 8.15. The molecule has 4 aromatic rings. The summed E-state index contributed by atoms with van der Waals surface area (Å²) >= 11 is 6.57. The third-order valence-corrected chi connectivity index (χ3v) is 10.8. The van der Waals surface area contributed by atoms with Gasteiger partial charge in [0.1, 0.15) is 41.7 Å². The van der Waals surface area contributed by atoms with E-state index in [1.807, 2.05) is 23.1 Å². The van der Waals surface area contributed by atoms with E-state index in [1.165, 1.54) is 11.0 Å². The quantitative estimate of drug-likeness (QED) is 0.142. The molecule has 4 fully saturated rings. The smallest absolute Gasteiger partial charge is 0.319 e. The first-order chi connectivity index (χ1) is 24.7. The van der Waals surface area contributed by atoms with Crippen LogP contribution >= 0.6 is 11.6 Å². The minimum absolute atomic E-state index is 0.0351. The zero-order valence-corrected chi connectivity index (χ0v) is 28.5. The van der Waals surface area contributed by atoms with Gasteiger partial charge in [-0.1, -0.05) is 42.4 Å². The number of aromatic nitrogens is 3. The predicted molar refractivity (Wildman–Crippen MR) is 187 cm³/mol. The molecule has 10 nitrogen and oxygen atoms in total. The molecule has 51 heavy (non-hydrogen) atoms. The Bertz CT molecular complexity index is 2110. The van der Waals surface area contributed by atoms with Crippen molar-refractivity contribution in [2.45, 2.75) is 56.0 Å². The van der Waals surface area contributed by atoms with Crippen molar-refractivity contribution in [3.63, 3.8) is 0 Å². The summed E-state index contributed by atoms with van der Waals surface area (Å²) in [7, 11) is 0. The maximum atomic E-state index is 14.8. The number of ether oxygens (including phenoxy) is 2. The molecule has 0 bridgehead atoms. The van der Waals surface area contributed by atoms with Crippen molar-refractivity contribution in [1.29, 1.82) is 0 Å². The number of fused-ring (bicyclic) bond motifs is 3. The van der Waals surface area contributed by atoms with E-state index in [0.717, 1.165) is 37.6 Å². The van der Waals surface area contributed by atoms with Crippen LogP contribution in [0.2, 0.25) is 5.02 Å². The number of amides is 1. The molecule has 0 unspecified atom stereocenters. The van der Waals surface area contributed by atoms with E-state index in [-0.39, 0.29) is 49.9 Å². The molecular formula is C37H35ClF3N7O3. The molecule has 14 heteroatoms. The number of pyridine rings is 1. The van der Waals surface area contributed by atoms with E-state index in [9.17, 15) is 18.0 Å². The van der Waals surface area contributed by atoms with Gasteiger partial charge in [0.05, 0.1) is 22.1 Å². The molecule has 5 heterocycles. The maximum Gasteiger partial charge on any atom is 0.319 e. The molecule has 1 aliphatic carbocycles. The van der Waals surface area contributed by atoms with Gasteiger partial charge in [-0.15, -0.1) is 0 Å². The van der Waals surface area contributed by atoms with Crippen molar-refractivity contribution in [2.24, 2.45) is 0 Å². The van der Waals surface area contributed by atoms with E-state index in [0.29, 0.717) is 52.1 Å². The van der Waals surface area contributed by atoms with Crippen LogP contribution in [0.25, 0.3) is 37.8 Å². The summed E-state index contributed by atoms with van der Waals surface area (Å²) in [5.74, 6) is -1.70. The van der Waals surface area contributed by atoms with Crippen LogP contribution in [0.1, 0.15) is 32.1 Å². The van der Waals surface area contributed by atoms with Crippen LogP contribution in [-0.2, 0) is 4.79 Å². The summed E-state index contributed by atoms with van der Waals surface area (Å²) in [6.45, 7) is 12.6. The van der Waals surface area contributed by atoms with Gasteiger partial charge in [-0.05, 0) is 43.7 Å². The van der Waals surface area contributed by atoms with Gasteiger partial charge in [0.2, 0.25) is 6.54 Å². The van der Waals surface area contributed by atoms with Crippen LogP contribution in [-0.4, -0.2) is 100 Å². The van der Waals surface area contributed by atoms with Gasteiger partial charge >= 0.3 is 6.01 Å². The number of anilines is 1. The Balaban J connectivity index is 1.28. The fourth-order valence-electron chi connectivity index (χ4n) is 7.88. The zero-order chi connectivity index (χ0) is 35.4. The third kappa shape index (κ3) is 6.08. The average molecular weight is 718 g/mol. The molecule has 0 radical (unpaired) electrons. The topological polar surface area (TPSA) is 88.3 Å². The Morgan fingerprint density at radius 3 is 2.78 bits per heavy atom. The highest BCUT2D eigenvalue weighted by atomic mass is 35.5. The van der Waals surface area contributed by atoms with Gasteiger partial charge in [0, 0.05) is 49.7 Å². The lowest BCUT2D eigenvalue weighted by Gasteiger charge is -2.39. The standard InChI is InChI=1S/C37H35ClF3N7O3/c1-21(39)35(49)48-14-13-46(19-24(48)16-42-2)34-27-17-43-31(26-6-3-5-22-7-10-28(41)30(38)29(22)26)33(51-25-8-9-25)32(27)44-36(45-34)50-20-37-11-4-12-47(37)18-23(40)15-37/h3,5-7,10,17,23-25H,1,4,8-9,11-16,18-20H2/t23-,24+,37+/m1/s1. The lowest BCUT2D eigenvalue weighted by atomic mass is 9.95. The minimum atomic E-state index is -1.09. The number of carbonyl (C=O) groups excluding carboxylic acids is 1. The Morgan fingerprint density at radius 1 is 1.16 bits per heavy atom. The Kier molecular flexibility index (Phi) is 8.63. The lowest BCUT2D eigenvalue weighted by Crippen LogP contribution is -2.56. The van der Waals surface area contributed by atoms with Crippen molar-refractivity contribution in [1.82, 2.24) is 24.8 Å². The number of piperazine rings is 1. The van der Waals surface area contributed by atoms with E-state index >= 15 is 0 Å². The molecular weight excluding hydrogens is 683 g/mol. The van der Waals surface area contributed by atoms with Crippen LogP contribution in [0.15, 0.2) is 48.9 Å². The second kappa shape index (κ2) is 13.1. The van der Waals surface area contributed by atoms with Crippen LogP contribution in [0.5, 0.6) is 11.8 Å². The Labute approximate surface area is 297 Å². The molecule has 8 rings (SSSR count). The summed E-state index contributed by atoms with van der Waals surface area (Å²) in [6, 6.07) is 7.90. The molecule has 264 valence electrons. The van der Waals surface area contributed by atoms with Crippen molar-refractivity contribution in [3.8, 4) is 23.0 Å². The highest BCUT2D eigenvalue weighted by Gasteiger charge is 2.49. The van der Waals surface area contributed by atoms with Crippen LogP contribution < -0.4 is 14.4 Å². The second-order valence-electron chi connectivity index (χ2n) is 13.8. The SMILES string of the molecule is [C-]#[N+]C[C@H]1CN(c2nc(OC[C@@]34CCCN3C[C@H](F)C4)nc3c(OC4CC4)c(-c4cccc5ccc(F)c(Cl)c45)ncc23)CCN1C(=O)C(=C)F. The number of benzene rings is 2. The summed E-state index contributed by atoms with van der Waals surface area (Å²) in [6.07, 6.45) is 4.37. The van der Waals surface area contributed by atoms with Gasteiger partial charge in [0.15, 0.2) is 11.6 Å². The van der Waals surface area contributed by atoms with E-state index in [1.54, 1.807) is 12.3 Å². The number of hydrogen-bond donors (Lipinski definition) is 0. The summed E-state index contributed by atoms with van der Waals surface area (Å²) < 4.78 is 56.4. The number of alkyl halides is 1. The van der Waals surface area contributed by atoms with Crippen molar-refractivity contribution in [3.05, 3.63) is 71.2 Å². The third-order valence-electron chi connectivity index (χ3n) is 10.5. The predicted octanol–water partition coefficient (Wildman–Crippen LogP) is 6.55. The summed E-state index contributed by atoms with van der Waals surface area (Å²) in [5, 5.41) is 1.70. The summed E-state index contributed by atoms with van der Waals surface area (Å²) in [4.78, 5) is 36.2. The molecule has 3 aliphatic heterocycles. The minimum Gasteiger partial charge on any atom is -0.486 e. The first kappa shape index (κ1) is 33.5. The van der Waals surface area contributed by atoms with Gasteiger partial charge in [-0.3, -0.25) is 14.7 Å². The number of halogens is 4. The number of nitrogens with zero attached hydrogens (tertiary/aromatic N) is 7. The highest BCUT2D eigenvalue weighted by Crippen LogP contribution is 2.45. The number of rotatable bonds is 9.